The van der Waals surface area contributed by atoms with E-state index in [1.165, 1.54) is 4.31 Å². The fourth-order valence-electron chi connectivity index (χ4n) is 3.44. The third-order valence-electron chi connectivity index (χ3n) is 5.32. The number of carbonyl (C=O) groups excluding carboxylic acids is 1. The van der Waals surface area contributed by atoms with E-state index in [2.05, 4.69) is 0 Å². The molecule has 0 aliphatic rings. The van der Waals surface area contributed by atoms with Gasteiger partial charge in [-0.3, -0.25) is 4.79 Å². The van der Waals surface area contributed by atoms with Crippen LogP contribution in [-0.4, -0.2) is 50.3 Å². The first-order valence-corrected chi connectivity index (χ1v) is 13.1. The number of aryl methyl sites for hydroxylation is 1. The second kappa shape index (κ2) is 12.1. The van der Waals surface area contributed by atoms with E-state index in [1.807, 2.05) is 48.7 Å². The SMILES string of the molecule is COCCCN(CC(=O)N(Cc1ccccc1)Cc1sccc1C)S(=O)(=O)c1ccccc1. The Labute approximate surface area is 200 Å². The summed E-state index contributed by atoms with van der Waals surface area (Å²) in [4.78, 5) is 16.5. The van der Waals surface area contributed by atoms with Crippen molar-refractivity contribution < 1.29 is 17.9 Å². The molecule has 0 saturated heterocycles. The van der Waals surface area contributed by atoms with E-state index in [0.717, 1.165) is 16.0 Å². The number of amides is 1. The quantitative estimate of drug-likeness (QED) is 0.358. The second-order valence-corrected chi connectivity index (χ2v) is 10.7. The molecule has 0 saturated carbocycles. The van der Waals surface area contributed by atoms with Crippen LogP contribution in [0.2, 0.25) is 0 Å². The van der Waals surface area contributed by atoms with Crippen LogP contribution in [0.4, 0.5) is 0 Å². The van der Waals surface area contributed by atoms with Gasteiger partial charge in [-0.15, -0.1) is 11.3 Å². The fourth-order valence-corrected chi connectivity index (χ4v) is 5.81. The summed E-state index contributed by atoms with van der Waals surface area (Å²) in [5, 5.41) is 2.01. The number of rotatable bonds is 12. The number of hydrogen-bond acceptors (Lipinski definition) is 5. The average molecular weight is 487 g/mol. The molecular formula is C25H30N2O4S2. The standard InChI is InChI=1S/C25H30N2O4S2/c1-21-14-17-32-24(21)19-26(18-22-10-5-3-6-11-22)25(28)20-27(15-9-16-31-2)33(29,30)23-12-7-4-8-13-23/h3-8,10-14,17H,9,15-16,18-20H2,1-2H3. The third-order valence-corrected chi connectivity index (χ3v) is 8.19. The van der Waals surface area contributed by atoms with Crippen molar-refractivity contribution in [2.75, 3.05) is 26.8 Å². The second-order valence-electron chi connectivity index (χ2n) is 7.76. The van der Waals surface area contributed by atoms with E-state index >= 15 is 0 Å². The van der Waals surface area contributed by atoms with Gasteiger partial charge in [0.2, 0.25) is 15.9 Å². The van der Waals surface area contributed by atoms with E-state index in [-0.39, 0.29) is 23.9 Å². The monoisotopic (exact) mass is 486 g/mol. The van der Waals surface area contributed by atoms with Crippen molar-refractivity contribution in [1.29, 1.82) is 0 Å². The zero-order chi connectivity index (χ0) is 23.7. The van der Waals surface area contributed by atoms with Crippen LogP contribution >= 0.6 is 11.3 Å². The minimum absolute atomic E-state index is 0.180. The van der Waals surface area contributed by atoms with Crippen LogP contribution < -0.4 is 0 Å². The number of carbonyl (C=O) groups is 1. The zero-order valence-corrected chi connectivity index (χ0v) is 20.6. The lowest BCUT2D eigenvalue weighted by atomic mass is 10.2. The topological polar surface area (TPSA) is 66.9 Å². The highest BCUT2D eigenvalue weighted by Gasteiger charge is 2.28. The number of nitrogens with zero attached hydrogens (tertiary/aromatic N) is 2. The van der Waals surface area contributed by atoms with E-state index in [0.29, 0.717) is 26.1 Å². The molecular weight excluding hydrogens is 456 g/mol. The molecule has 33 heavy (non-hydrogen) atoms. The number of benzene rings is 2. The normalized spacial score (nSPS) is 11.6. The summed E-state index contributed by atoms with van der Waals surface area (Å²) in [6.45, 7) is 3.26. The number of hydrogen-bond donors (Lipinski definition) is 0. The van der Waals surface area contributed by atoms with Crippen molar-refractivity contribution in [3.63, 3.8) is 0 Å². The summed E-state index contributed by atoms with van der Waals surface area (Å²) >= 11 is 1.60. The molecule has 8 heteroatoms. The maximum Gasteiger partial charge on any atom is 0.243 e. The molecule has 0 spiro atoms. The van der Waals surface area contributed by atoms with E-state index in [4.69, 9.17) is 4.74 Å². The predicted octanol–water partition coefficient (Wildman–Crippen LogP) is 4.31. The van der Waals surface area contributed by atoms with Gasteiger partial charge in [0.1, 0.15) is 0 Å². The Bertz CT molecular complexity index is 1120. The molecule has 0 bridgehead atoms. The molecule has 1 amide bonds. The largest absolute Gasteiger partial charge is 0.385 e. The highest BCUT2D eigenvalue weighted by molar-refractivity contribution is 7.89. The lowest BCUT2D eigenvalue weighted by molar-refractivity contribution is -0.132. The molecule has 0 radical (unpaired) electrons. The van der Waals surface area contributed by atoms with Crippen LogP contribution in [0.15, 0.2) is 77.0 Å². The summed E-state index contributed by atoms with van der Waals surface area (Å²) in [7, 11) is -2.24. The summed E-state index contributed by atoms with van der Waals surface area (Å²) in [6, 6.07) is 20.0. The molecule has 0 fully saturated rings. The van der Waals surface area contributed by atoms with Crippen LogP contribution in [0.5, 0.6) is 0 Å². The fraction of sp³-hybridized carbons (Fsp3) is 0.320. The highest BCUT2D eigenvalue weighted by Crippen LogP contribution is 2.21. The van der Waals surface area contributed by atoms with E-state index < -0.39 is 10.0 Å². The summed E-state index contributed by atoms with van der Waals surface area (Å²) < 4.78 is 33.0. The van der Waals surface area contributed by atoms with E-state index in [1.54, 1.807) is 53.7 Å². The van der Waals surface area contributed by atoms with Gasteiger partial charge >= 0.3 is 0 Å². The molecule has 2 aromatic carbocycles. The minimum atomic E-state index is -3.82. The van der Waals surface area contributed by atoms with Crippen molar-refractivity contribution in [3.8, 4) is 0 Å². The van der Waals surface area contributed by atoms with Crippen LogP contribution in [0.1, 0.15) is 22.4 Å². The molecule has 3 rings (SSSR count). The first kappa shape index (κ1) is 25.1. The molecule has 3 aromatic rings. The number of thiophene rings is 1. The van der Waals surface area contributed by atoms with Crippen LogP contribution in [-0.2, 0) is 32.6 Å². The third kappa shape index (κ3) is 6.98. The first-order chi connectivity index (χ1) is 15.9. The minimum Gasteiger partial charge on any atom is -0.385 e. The number of sulfonamides is 1. The van der Waals surface area contributed by atoms with Crippen molar-refractivity contribution >= 4 is 27.3 Å². The lowest BCUT2D eigenvalue weighted by Crippen LogP contribution is -2.43. The van der Waals surface area contributed by atoms with Gasteiger partial charge in [0.25, 0.3) is 0 Å². The van der Waals surface area contributed by atoms with Gasteiger partial charge in [-0.2, -0.15) is 4.31 Å². The van der Waals surface area contributed by atoms with Crippen LogP contribution in [0, 0.1) is 6.92 Å². The van der Waals surface area contributed by atoms with Gasteiger partial charge < -0.3 is 9.64 Å². The van der Waals surface area contributed by atoms with Gasteiger partial charge in [0.15, 0.2) is 0 Å². The Kier molecular flexibility index (Phi) is 9.20. The smallest absolute Gasteiger partial charge is 0.243 e. The predicted molar refractivity (Wildman–Crippen MR) is 131 cm³/mol. The summed E-state index contributed by atoms with van der Waals surface area (Å²) in [5.41, 5.74) is 2.12. The van der Waals surface area contributed by atoms with Gasteiger partial charge in [0, 0.05) is 31.7 Å². The number of methoxy groups -OCH3 is 1. The molecule has 176 valence electrons. The number of ether oxygens (including phenoxy) is 1. The Hall–Kier alpha value is -2.52. The first-order valence-electron chi connectivity index (χ1n) is 10.8. The molecule has 0 atom stereocenters. The van der Waals surface area contributed by atoms with Gasteiger partial charge in [0.05, 0.1) is 18.0 Å². The molecule has 6 nitrogen and oxygen atoms in total. The van der Waals surface area contributed by atoms with E-state index in [9.17, 15) is 13.2 Å². The summed E-state index contributed by atoms with van der Waals surface area (Å²) in [6.07, 6.45) is 0.499. The maximum atomic E-state index is 13.5. The van der Waals surface area contributed by atoms with Gasteiger partial charge in [-0.1, -0.05) is 48.5 Å². The van der Waals surface area contributed by atoms with Crippen molar-refractivity contribution in [1.82, 2.24) is 9.21 Å². The summed E-state index contributed by atoms with van der Waals surface area (Å²) in [5.74, 6) is -0.233. The van der Waals surface area contributed by atoms with Crippen molar-refractivity contribution in [2.24, 2.45) is 0 Å². The van der Waals surface area contributed by atoms with Crippen molar-refractivity contribution in [3.05, 3.63) is 88.1 Å². The molecule has 0 aliphatic heterocycles. The van der Waals surface area contributed by atoms with Gasteiger partial charge in [-0.05, 0) is 48.1 Å². The molecule has 0 unspecified atom stereocenters. The average Bonchev–Trinajstić information content (AvgIpc) is 3.23. The Morgan fingerprint density at radius 2 is 1.64 bits per heavy atom. The highest BCUT2D eigenvalue weighted by atomic mass is 32.2. The Morgan fingerprint density at radius 1 is 0.970 bits per heavy atom. The Balaban J connectivity index is 1.85. The lowest BCUT2D eigenvalue weighted by Gasteiger charge is -2.27. The van der Waals surface area contributed by atoms with Crippen LogP contribution in [0.25, 0.3) is 0 Å². The van der Waals surface area contributed by atoms with Crippen molar-refractivity contribution in [2.45, 2.75) is 31.3 Å². The molecule has 1 heterocycles. The Morgan fingerprint density at radius 3 is 2.24 bits per heavy atom. The molecule has 0 aliphatic carbocycles. The van der Waals surface area contributed by atoms with Gasteiger partial charge in [-0.25, -0.2) is 8.42 Å². The van der Waals surface area contributed by atoms with Crippen LogP contribution in [0.3, 0.4) is 0 Å². The molecule has 1 aromatic heterocycles. The zero-order valence-electron chi connectivity index (χ0n) is 19.0. The maximum absolute atomic E-state index is 13.5. The molecule has 0 N–H and O–H groups in total.